The van der Waals surface area contributed by atoms with Crippen LogP contribution in [-0.4, -0.2) is 42.3 Å². The van der Waals surface area contributed by atoms with Gasteiger partial charge in [-0.2, -0.15) is 10.2 Å². The van der Waals surface area contributed by atoms with Crippen molar-refractivity contribution in [3.05, 3.63) is 28.6 Å². The molecule has 0 unspecified atom stereocenters. The lowest BCUT2D eigenvalue weighted by atomic mass is 9.99. The summed E-state index contributed by atoms with van der Waals surface area (Å²) in [5.74, 6) is 1.92. The van der Waals surface area contributed by atoms with Gasteiger partial charge in [-0.1, -0.05) is 13.8 Å². The topological polar surface area (TPSA) is 79.7 Å². The third-order valence-electron chi connectivity index (χ3n) is 4.84. The van der Waals surface area contributed by atoms with Crippen LogP contribution in [0, 0.1) is 13.8 Å². The van der Waals surface area contributed by atoms with Crippen LogP contribution in [0.4, 0.5) is 0 Å². The molecule has 2 aromatic heterocycles. The molecule has 7 nitrogen and oxygen atoms in total. The second kappa shape index (κ2) is 6.37. The molecule has 2 aromatic rings. The third-order valence-corrected chi connectivity index (χ3v) is 4.84. The van der Waals surface area contributed by atoms with Crippen molar-refractivity contribution in [1.29, 1.82) is 0 Å². The second-order valence-electron chi connectivity index (χ2n) is 6.91. The summed E-state index contributed by atoms with van der Waals surface area (Å²) in [5.41, 5.74) is 2.40. The Bertz CT molecular complexity index is 744. The van der Waals surface area contributed by atoms with Crippen molar-refractivity contribution in [2.24, 2.45) is 7.05 Å². The Hall–Kier alpha value is -2.18. The van der Waals surface area contributed by atoms with E-state index in [0.717, 1.165) is 48.8 Å². The molecule has 1 atom stereocenters. The number of piperidine rings is 1. The molecule has 0 radical (unpaired) electrons. The molecule has 0 saturated carbocycles. The van der Waals surface area contributed by atoms with E-state index < -0.39 is 0 Å². The van der Waals surface area contributed by atoms with Crippen molar-refractivity contribution in [3.8, 4) is 0 Å². The van der Waals surface area contributed by atoms with Gasteiger partial charge in [0.1, 0.15) is 5.82 Å². The first-order valence-electron chi connectivity index (χ1n) is 8.63. The van der Waals surface area contributed by atoms with E-state index in [1.807, 2.05) is 25.8 Å². The molecule has 24 heavy (non-hydrogen) atoms. The molecule has 1 aliphatic heterocycles. The fraction of sp³-hybridized carbons (Fsp3) is 0.647. The second-order valence-corrected chi connectivity index (χ2v) is 6.91. The van der Waals surface area contributed by atoms with Gasteiger partial charge in [0.15, 0.2) is 5.82 Å². The van der Waals surface area contributed by atoms with Gasteiger partial charge in [-0.3, -0.25) is 14.6 Å². The Labute approximate surface area is 142 Å². The minimum atomic E-state index is -0.0368. The highest BCUT2D eigenvalue weighted by Gasteiger charge is 2.33. The number of carbonyl (C=O) groups excluding carboxylic acids is 1. The molecule has 1 amide bonds. The van der Waals surface area contributed by atoms with E-state index in [0.29, 0.717) is 5.56 Å². The lowest BCUT2D eigenvalue weighted by Crippen LogP contribution is -2.39. The third kappa shape index (κ3) is 2.83. The number of H-pyrrole nitrogens is 1. The number of nitrogens with one attached hydrogen (secondary N) is 1. The van der Waals surface area contributed by atoms with Crippen LogP contribution in [0.5, 0.6) is 0 Å². The van der Waals surface area contributed by atoms with Crippen LogP contribution >= 0.6 is 0 Å². The summed E-state index contributed by atoms with van der Waals surface area (Å²) >= 11 is 0. The zero-order chi connectivity index (χ0) is 17.4. The molecule has 3 rings (SSSR count). The van der Waals surface area contributed by atoms with Crippen LogP contribution in [0.15, 0.2) is 0 Å². The molecular formula is C17H26N6O. The van der Waals surface area contributed by atoms with Crippen molar-refractivity contribution >= 4 is 5.91 Å². The number of aryl methyl sites for hydroxylation is 2. The molecule has 7 heteroatoms. The molecule has 0 spiro atoms. The van der Waals surface area contributed by atoms with Gasteiger partial charge in [0.05, 0.1) is 17.3 Å². The van der Waals surface area contributed by atoms with Crippen LogP contribution in [-0.2, 0) is 7.05 Å². The molecule has 1 saturated heterocycles. The molecule has 3 heterocycles. The van der Waals surface area contributed by atoms with Gasteiger partial charge in [0.25, 0.3) is 5.91 Å². The van der Waals surface area contributed by atoms with Crippen LogP contribution in [0.25, 0.3) is 0 Å². The van der Waals surface area contributed by atoms with Crippen molar-refractivity contribution in [1.82, 2.24) is 29.9 Å². The van der Waals surface area contributed by atoms with E-state index in [4.69, 9.17) is 0 Å². The van der Waals surface area contributed by atoms with Gasteiger partial charge in [-0.25, -0.2) is 4.98 Å². The Morgan fingerprint density at radius 3 is 2.62 bits per heavy atom. The van der Waals surface area contributed by atoms with E-state index in [1.54, 1.807) is 4.68 Å². The maximum atomic E-state index is 13.2. The Morgan fingerprint density at radius 1 is 1.29 bits per heavy atom. The minimum absolute atomic E-state index is 0.0368. The summed E-state index contributed by atoms with van der Waals surface area (Å²) < 4.78 is 1.77. The number of aromatic amines is 1. The smallest absolute Gasteiger partial charge is 0.258 e. The summed E-state index contributed by atoms with van der Waals surface area (Å²) in [6.07, 6.45) is 3.03. The fourth-order valence-corrected chi connectivity index (χ4v) is 3.38. The molecule has 0 bridgehead atoms. The number of hydrogen-bond acceptors (Lipinski definition) is 4. The van der Waals surface area contributed by atoms with Crippen LogP contribution in [0.1, 0.15) is 78.5 Å². The summed E-state index contributed by atoms with van der Waals surface area (Å²) in [6, 6.07) is -0.0368. The molecule has 0 aromatic carbocycles. The van der Waals surface area contributed by atoms with E-state index in [1.165, 1.54) is 0 Å². The minimum Gasteiger partial charge on any atom is -0.328 e. The standard InChI is InChI=1S/C17H26N6O/c1-10(2)15-18-16(20-19-15)13-8-6-7-9-23(13)17(24)14-11(3)21-22(5)12(14)4/h10,13H,6-9H2,1-5H3,(H,18,19,20)/t13-/m1/s1. The zero-order valence-electron chi connectivity index (χ0n) is 15.1. The first-order chi connectivity index (χ1) is 11.4. The first kappa shape index (κ1) is 16.7. The number of carbonyl (C=O) groups is 1. The average molecular weight is 330 g/mol. The highest BCUT2D eigenvalue weighted by Crippen LogP contribution is 2.31. The molecular weight excluding hydrogens is 304 g/mol. The van der Waals surface area contributed by atoms with Crippen LogP contribution in [0.2, 0.25) is 0 Å². The maximum absolute atomic E-state index is 13.2. The average Bonchev–Trinajstić information content (AvgIpc) is 3.13. The van der Waals surface area contributed by atoms with E-state index in [-0.39, 0.29) is 17.9 Å². The van der Waals surface area contributed by atoms with Gasteiger partial charge in [-0.15, -0.1) is 0 Å². The number of nitrogens with zero attached hydrogens (tertiary/aromatic N) is 5. The van der Waals surface area contributed by atoms with Crippen molar-refractivity contribution in [2.45, 2.75) is 58.9 Å². The van der Waals surface area contributed by atoms with Gasteiger partial charge in [0.2, 0.25) is 0 Å². The molecule has 130 valence electrons. The predicted octanol–water partition coefficient (Wildman–Crippen LogP) is 2.65. The largest absolute Gasteiger partial charge is 0.328 e. The summed E-state index contributed by atoms with van der Waals surface area (Å²) in [6.45, 7) is 8.72. The number of likely N-dealkylation sites (tertiary alicyclic amines) is 1. The normalized spacial score (nSPS) is 18.4. The summed E-state index contributed by atoms with van der Waals surface area (Å²) in [4.78, 5) is 19.8. The lowest BCUT2D eigenvalue weighted by molar-refractivity contribution is 0.0598. The number of rotatable bonds is 3. The van der Waals surface area contributed by atoms with E-state index >= 15 is 0 Å². The summed E-state index contributed by atoms with van der Waals surface area (Å²) in [5, 5.41) is 11.7. The highest BCUT2D eigenvalue weighted by molar-refractivity contribution is 5.96. The van der Waals surface area contributed by atoms with E-state index in [9.17, 15) is 4.79 Å². The number of aromatic nitrogens is 5. The highest BCUT2D eigenvalue weighted by atomic mass is 16.2. The Kier molecular flexibility index (Phi) is 4.43. The number of hydrogen-bond donors (Lipinski definition) is 1. The van der Waals surface area contributed by atoms with Gasteiger partial charge < -0.3 is 4.90 Å². The monoisotopic (exact) mass is 330 g/mol. The molecule has 1 aliphatic rings. The summed E-state index contributed by atoms with van der Waals surface area (Å²) in [7, 11) is 1.87. The van der Waals surface area contributed by atoms with Crippen molar-refractivity contribution in [3.63, 3.8) is 0 Å². The van der Waals surface area contributed by atoms with Crippen molar-refractivity contribution < 1.29 is 4.79 Å². The zero-order valence-corrected chi connectivity index (χ0v) is 15.1. The predicted molar refractivity (Wildman–Crippen MR) is 90.8 cm³/mol. The van der Waals surface area contributed by atoms with Crippen LogP contribution in [0.3, 0.4) is 0 Å². The van der Waals surface area contributed by atoms with Crippen LogP contribution < -0.4 is 0 Å². The van der Waals surface area contributed by atoms with Gasteiger partial charge >= 0.3 is 0 Å². The van der Waals surface area contributed by atoms with Gasteiger partial charge in [-0.05, 0) is 33.1 Å². The Balaban J connectivity index is 1.93. The Morgan fingerprint density at radius 2 is 2.04 bits per heavy atom. The van der Waals surface area contributed by atoms with Gasteiger partial charge in [0, 0.05) is 25.2 Å². The lowest BCUT2D eigenvalue weighted by Gasteiger charge is -2.34. The molecule has 1 N–H and O–H groups in total. The number of amides is 1. The first-order valence-corrected chi connectivity index (χ1v) is 8.63. The fourth-order valence-electron chi connectivity index (χ4n) is 3.38. The molecule has 0 aliphatic carbocycles. The molecule has 1 fully saturated rings. The quantitative estimate of drug-likeness (QED) is 0.938. The van der Waals surface area contributed by atoms with Crippen molar-refractivity contribution in [2.75, 3.05) is 6.54 Å². The maximum Gasteiger partial charge on any atom is 0.258 e. The SMILES string of the molecule is Cc1nn(C)c(C)c1C(=O)N1CCCC[C@@H]1c1nc(C(C)C)n[nH]1. The van der Waals surface area contributed by atoms with E-state index in [2.05, 4.69) is 34.1 Å².